The molecule has 2 aromatic heterocycles. The summed E-state index contributed by atoms with van der Waals surface area (Å²) in [5, 5.41) is 13.4. The molecule has 2 N–H and O–H groups in total. The largest absolute Gasteiger partial charge is 0.395 e. The number of aromatic nitrogens is 1. The number of carbonyl (C=O) groups excluding carboxylic acids is 1. The van der Waals surface area contributed by atoms with E-state index in [9.17, 15) is 4.79 Å². The summed E-state index contributed by atoms with van der Waals surface area (Å²) in [6.07, 6.45) is 2.10. The van der Waals surface area contributed by atoms with Crippen LogP contribution in [0.2, 0.25) is 0 Å². The highest BCUT2D eigenvalue weighted by molar-refractivity contribution is 7.12. The minimum atomic E-state index is -0.154. The maximum atomic E-state index is 12.1. The predicted octanol–water partition coefficient (Wildman–Crippen LogP) is 1.81. The molecule has 20 heavy (non-hydrogen) atoms. The minimum absolute atomic E-state index is 0.0261. The first kappa shape index (κ1) is 14.3. The number of pyridine rings is 1. The Balaban J connectivity index is 2.00. The molecular formula is C15H14N2O2S. The fourth-order valence-electron chi connectivity index (χ4n) is 1.55. The van der Waals surface area contributed by atoms with E-state index in [-0.39, 0.29) is 12.5 Å². The maximum Gasteiger partial charge on any atom is 0.262 e. The molecule has 0 spiro atoms. The van der Waals surface area contributed by atoms with Gasteiger partial charge in [-0.3, -0.25) is 9.78 Å². The molecule has 1 amide bonds. The van der Waals surface area contributed by atoms with Gasteiger partial charge in [-0.2, -0.15) is 0 Å². The van der Waals surface area contributed by atoms with Gasteiger partial charge in [-0.05, 0) is 23.6 Å². The lowest BCUT2D eigenvalue weighted by Gasteiger charge is -2.03. The van der Waals surface area contributed by atoms with Crippen molar-refractivity contribution in [1.82, 2.24) is 10.3 Å². The Hall–Kier alpha value is -2.16. The molecule has 0 unspecified atom stereocenters. The lowest BCUT2D eigenvalue weighted by molar-refractivity contribution is 0.0954. The van der Waals surface area contributed by atoms with Crippen molar-refractivity contribution in [2.45, 2.75) is 13.0 Å². The second-order valence-corrected chi connectivity index (χ2v) is 4.86. The molecule has 0 fully saturated rings. The van der Waals surface area contributed by atoms with Crippen LogP contribution in [0.3, 0.4) is 0 Å². The highest BCUT2D eigenvalue weighted by Gasteiger charge is 2.11. The number of rotatable bonds is 4. The van der Waals surface area contributed by atoms with Gasteiger partial charge in [0.1, 0.15) is 4.88 Å². The number of hydrogen-bond acceptors (Lipinski definition) is 4. The number of nitrogens with one attached hydrogen (secondary N) is 1. The smallest absolute Gasteiger partial charge is 0.262 e. The van der Waals surface area contributed by atoms with E-state index in [0.717, 1.165) is 5.69 Å². The molecule has 0 aliphatic carbocycles. The zero-order chi connectivity index (χ0) is 14.2. The SMILES string of the molecule is O=C(NCc1ccccn1)c1sccc1C#CCCO. The van der Waals surface area contributed by atoms with Crippen molar-refractivity contribution in [1.29, 1.82) is 0 Å². The van der Waals surface area contributed by atoms with E-state index in [0.29, 0.717) is 23.4 Å². The van der Waals surface area contributed by atoms with Crippen LogP contribution < -0.4 is 5.32 Å². The average Bonchev–Trinajstić information content (AvgIpc) is 2.95. The molecule has 0 saturated carbocycles. The Labute approximate surface area is 121 Å². The van der Waals surface area contributed by atoms with Gasteiger partial charge in [0.05, 0.1) is 18.8 Å². The van der Waals surface area contributed by atoms with Crippen molar-refractivity contribution in [3.63, 3.8) is 0 Å². The number of thiophene rings is 1. The topological polar surface area (TPSA) is 62.2 Å². The molecule has 0 aliphatic rings. The quantitative estimate of drug-likeness (QED) is 0.843. The third-order valence-corrected chi connectivity index (χ3v) is 3.40. The van der Waals surface area contributed by atoms with Crippen LogP contribution in [0.15, 0.2) is 35.8 Å². The third-order valence-electron chi connectivity index (χ3n) is 2.49. The molecular weight excluding hydrogens is 272 g/mol. The van der Waals surface area contributed by atoms with E-state index >= 15 is 0 Å². The number of amides is 1. The first-order valence-electron chi connectivity index (χ1n) is 6.16. The fourth-order valence-corrected chi connectivity index (χ4v) is 2.32. The molecule has 0 bridgehead atoms. The molecule has 0 atom stereocenters. The summed E-state index contributed by atoms with van der Waals surface area (Å²) in [5.41, 5.74) is 1.51. The van der Waals surface area contributed by atoms with Gasteiger partial charge in [0.15, 0.2) is 0 Å². The molecule has 0 aliphatic heterocycles. The maximum absolute atomic E-state index is 12.1. The lowest BCUT2D eigenvalue weighted by atomic mass is 10.2. The van der Waals surface area contributed by atoms with Crippen molar-refractivity contribution >= 4 is 17.2 Å². The van der Waals surface area contributed by atoms with Crippen LogP contribution >= 0.6 is 11.3 Å². The van der Waals surface area contributed by atoms with Gasteiger partial charge in [0, 0.05) is 18.2 Å². The molecule has 0 saturated heterocycles. The van der Waals surface area contributed by atoms with E-state index in [2.05, 4.69) is 22.1 Å². The van der Waals surface area contributed by atoms with Crippen LogP contribution in [0.5, 0.6) is 0 Å². The standard InChI is InChI=1S/C15H14N2O2S/c18-9-4-2-5-12-7-10-20-14(12)15(19)17-11-13-6-1-3-8-16-13/h1,3,6-8,10,18H,4,9,11H2,(H,17,19). The number of aliphatic hydroxyl groups excluding tert-OH is 1. The van der Waals surface area contributed by atoms with Crippen molar-refractivity contribution < 1.29 is 9.90 Å². The van der Waals surface area contributed by atoms with Gasteiger partial charge in [0.25, 0.3) is 5.91 Å². The van der Waals surface area contributed by atoms with Gasteiger partial charge < -0.3 is 10.4 Å². The first-order valence-corrected chi connectivity index (χ1v) is 7.04. The minimum Gasteiger partial charge on any atom is -0.395 e. The van der Waals surface area contributed by atoms with Crippen LogP contribution in [0.1, 0.15) is 27.3 Å². The highest BCUT2D eigenvalue weighted by atomic mass is 32.1. The van der Waals surface area contributed by atoms with Crippen molar-refractivity contribution in [2.75, 3.05) is 6.61 Å². The normalized spacial score (nSPS) is 9.65. The predicted molar refractivity (Wildman–Crippen MR) is 78.3 cm³/mol. The monoisotopic (exact) mass is 286 g/mol. The molecule has 2 rings (SSSR count). The van der Waals surface area contributed by atoms with Gasteiger partial charge in [-0.25, -0.2) is 0 Å². The number of aliphatic hydroxyl groups is 1. The van der Waals surface area contributed by atoms with Crippen LogP contribution in [-0.2, 0) is 6.54 Å². The van der Waals surface area contributed by atoms with E-state index in [4.69, 9.17) is 5.11 Å². The molecule has 4 nitrogen and oxygen atoms in total. The fraction of sp³-hybridized carbons (Fsp3) is 0.200. The second kappa shape index (κ2) is 7.43. The zero-order valence-electron chi connectivity index (χ0n) is 10.8. The van der Waals surface area contributed by atoms with Crippen molar-refractivity contribution in [2.24, 2.45) is 0 Å². The molecule has 2 aromatic rings. The molecule has 5 heteroatoms. The van der Waals surface area contributed by atoms with Crippen molar-refractivity contribution in [3.8, 4) is 11.8 Å². The Morgan fingerprint density at radius 2 is 2.30 bits per heavy atom. The van der Waals surface area contributed by atoms with E-state index < -0.39 is 0 Å². The first-order chi connectivity index (χ1) is 9.81. The van der Waals surface area contributed by atoms with Gasteiger partial charge in [-0.15, -0.1) is 11.3 Å². The van der Waals surface area contributed by atoms with Gasteiger partial charge in [0.2, 0.25) is 0 Å². The van der Waals surface area contributed by atoms with Crippen molar-refractivity contribution in [3.05, 3.63) is 52.0 Å². The number of hydrogen-bond donors (Lipinski definition) is 2. The number of nitrogens with zero attached hydrogens (tertiary/aromatic N) is 1. The molecule has 0 aromatic carbocycles. The van der Waals surface area contributed by atoms with E-state index in [1.165, 1.54) is 11.3 Å². The van der Waals surface area contributed by atoms with Gasteiger partial charge in [-0.1, -0.05) is 17.9 Å². The summed E-state index contributed by atoms with van der Waals surface area (Å²) < 4.78 is 0. The highest BCUT2D eigenvalue weighted by Crippen LogP contribution is 2.15. The molecule has 102 valence electrons. The lowest BCUT2D eigenvalue weighted by Crippen LogP contribution is -2.23. The summed E-state index contributed by atoms with van der Waals surface area (Å²) in [7, 11) is 0. The summed E-state index contributed by atoms with van der Waals surface area (Å²) in [4.78, 5) is 16.8. The van der Waals surface area contributed by atoms with E-state index in [1.54, 1.807) is 6.20 Å². The Morgan fingerprint density at radius 1 is 1.40 bits per heavy atom. The van der Waals surface area contributed by atoms with Crippen LogP contribution in [0.4, 0.5) is 0 Å². The summed E-state index contributed by atoms with van der Waals surface area (Å²) in [5.74, 6) is 5.56. The van der Waals surface area contributed by atoms with Crippen LogP contribution in [-0.4, -0.2) is 22.6 Å². The van der Waals surface area contributed by atoms with E-state index in [1.807, 2.05) is 29.6 Å². The van der Waals surface area contributed by atoms with Crippen LogP contribution in [0, 0.1) is 11.8 Å². The summed E-state index contributed by atoms with van der Waals surface area (Å²) >= 11 is 1.35. The second-order valence-electron chi connectivity index (χ2n) is 3.94. The zero-order valence-corrected chi connectivity index (χ0v) is 11.6. The Morgan fingerprint density at radius 3 is 3.05 bits per heavy atom. The van der Waals surface area contributed by atoms with Crippen LogP contribution in [0.25, 0.3) is 0 Å². The Bertz CT molecular complexity index is 626. The average molecular weight is 286 g/mol. The Kier molecular flexibility index (Phi) is 5.30. The number of carbonyl (C=O) groups is 1. The summed E-state index contributed by atoms with van der Waals surface area (Å²) in [6.45, 7) is 0.416. The molecule has 0 radical (unpaired) electrons. The van der Waals surface area contributed by atoms with Gasteiger partial charge >= 0.3 is 0 Å². The molecule has 2 heterocycles. The summed E-state index contributed by atoms with van der Waals surface area (Å²) in [6, 6.07) is 7.38. The third kappa shape index (κ3) is 3.92.